The van der Waals surface area contributed by atoms with Gasteiger partial charge in [-0.1, -0.05) is 12.8 Å². The third kappa shape index (κ3) is 2.91. The molecule has 3 atom stereocenters. The molecule has 0 spiro atoms. The van der Waals surface area contributed by atoms with Gasteiger partial charge in [-0.3, -0.25) is 0 Å². The second-order valence-electron chi connectivity index (χ2n) is 4.86. The monoisotopic (exact) mass is 218 g/mol. The van der Waals surface area contributed by atoms with Crippen LogP contribution in [0.25, 0.3) is 0 Å². The Morgan fingerprint density at radius 2 is 1.87 bits per heavy atom. The van der Waals surface area contributed by atoms with Gasteiger partial charge in [0.2, 0.25) is 0 Å². The predicted molar refractivity (Wildman–Crippen MR) is 56.5 cm³/mol. The summed E-state index contributed by atoms with van der Waals surface area (Å²) in [5.74, 6) is 0. The average molecular weight is 218 g/mol. The summed E-state index contributed by atoms with van der Waals surface area (Å²) in [7, 11) is 0. The van der Waals surface area contributed by atoms with E-state index in [2.05, 4.69) is 0 Å². The maximum atomic E-state index is 10.2. The van der Waals surface area contributed by atoms with Crippen molar-refractivity contribution < 1.29 is 20.1 Å². The first-order chi connectivity index (χ1) is 6.91. The van der Waals surface area contributed by atoms with E-state index in [0.29, 0.717) is 0 Å². The van der Waals surface area contributed by atoms with E-state index in [9.17, 15) is 10.2 Å². The first kappa shape index (κ1) is 12.9. The summed E-state index contributed by atoms with van der Waals surface area (Å²) in [5, 5.41) is 28.1. The zero-order valence-corrected chi connectivity index (χ0v) is 9.57. The normalized spacial score (nSPS) is 39.0. The minimum absolute atomic E-state index is 0.0726. The van der Waals surface area contributed by atoms with Crippen LogP contribution in [0.1, 0.15) is 39.5 Å². The summed E-state index contributed by atoms with van der Waals surface area (Å²) in [6.45, 7) is 3.41. The zero-order valence-electron chi connectivity index (χ0n) is 9.57. The van der Waals surface area contributed by atoms with Crippen LogP contribution in [0.5, 0.6) is 0 Å². The molecule has 1 aliphatic rings. The van der Waals surface area contributed by atoms with Gasteiger partial charge in [-0.2, -0.15) is 0 Å². The molecule has 3 unspecified atom stereocenters. The Morgan fingerprint density at radius 3 is 2.40 bits per heavy atom. The molecule has 0 amide bonds. The van der Waals surface area contributed by atoms with Gasteiger partial charge in [-0.15, -0.1) is 0 Å². The number of rotatable bonds is 4. The van der Waals surface area contributed by atoms with Crippen LogP contribution in [-0.4, -0.2) is 45.8 Å². The van der Waals surface area contributed by atoms with Gasteiger partial charge >= 0.3 is 0 Å². The molecule has 4 heteroatoms. The van der Waals surface area contributed by atoms with Crippen molar-refractivity contribution in [1.82, 2.24) is 0 Å². The van der Waals surface area contributed by atoms with Gasteiger partial charge in [-0.25, -0.2) is 0 Å². The first-order valence-electron chi connectivity index (χ1n) is 5.56. The lowest BCUT2D eigenvalue weighted by molar-refractivity contribution is -0.198. The quantitative estimate of drug-likeness (QED) is 0.640. The van der Waals surface area contributed by atoms with Crippen molar-refractivity contribution in [1.29, 1.82) is 0 Å². The minimum Gasteiger partial charge on any atom is -0.394 e. The van der Waals surface area contributed by atoms with E-state index >= 15 is 0 Å². The molecule has 0 aromatic carbocycles. The number of aliphatic hydroxyl groups excluding tert-OH is 2. The van der Waals surface area contributed by atoms with E-state index in [4.69, 9.17) is 9.84 Å². The van der Waals surface area contributed by atoms with Gasteiger partial charge in [0.15, 0.2) is 0 Å². The summed E-state index contributed by atoms with van der Waals surface area (Å²) >= 11 is 0. The Morgan fingerprint density at radius 1 is 1.27 bits per heavy atom. The van der Waals surface area contributed by atoms with Crippen LogP contribution < -0.4 is 0 Å². The third-order valence-corrected chi connectivity index (χ3v) is 3.51. The maximum Gasteiger partial charge on any atom is 0.100 e. The largest absolute Gasteiger partial charge is 0.394 e. The molecule has 1 aliphatic carbocycles. The van der Waals surface area contributed by atoms with E-state index in [-0.39, 0.29) is 13.2 Å². The predicted octanol–water partition coefficient (Wildman–Crippen LogP) is 0.440. The van der Waals surface area contributed by atoms with Gasteiger partial charge in [-0.05, 0) is 26.7 Å². The molecule has 0 radical (unpaired) electrons. The first-order valence-corrected chi connectivity index (χ1v) is 5.56. The Labute approximate surface area is 90.9 Å². The second-order valence-corrected chi connectivity index (χ2v) is 4.86. The lowest BCUT2D eigenvalue weighted by Gasteiger charge is -2.46. The summed E-state index contributed by atoms with van der Waals surface area (Å²) in [6, 6.07) is 0. The van der Waals surface area contributed by atoms with E-state index in [1.165, 1.54) is 0 Å². The van der Waals surface area contributed by atoms with Crippen LogP contribution in [0.2, 0.25) is 0 Å². The van der Waals surface area contributed by atoms with E-state index in [1.807, 2.05) is 6.92 Å². The maximum absolute atomic E-state index is 10.2. The number of ether oxygens (including phenoxy) is 1. The molecule has 4 nitrogen and oxygen atoms in total. The summed E-state index contributed by atoms with van der Waals surface area (Å²) < 4.78 is 5.58. The zero-order chi connectivity index (χ0) is 11.5. The van der Waals surface area contributed by atoms with Crippen molar-refractivity contribution in [2.45, 2.75) is 56.8 Å². The number of aliphatic hydroxyl groups is 3. The molecule has 3 N–H and O–H groups in total. The molecule has 1 fully saturated rings. The molecular formula is C11H22O4. The molecular weight excluding hydrogens is 196 g/mol. The average Bonchev–Trinajstić information content (AvgIpc) is 2.19. The van der Waals surface area contributed by atoms with E-state index in [1.54, 1.807) is 6.92 Å². The molecule has 0 bridgehead atoms. The van der Waals surface area contributed by atoms with Crippen LogP contribution in [-0.2, 0) is 4.74 Å². The molecule has 90 valence electrons. The van der Waals surface area contributed by atoms with Crippen LogP contribution in [0, 0.1) is 0 Å². The summed E-state index contributed by atoms with van der Waals surface area (Å²) in [4.78, 5) is 0. The summed E-state index contributed by atoms with van der Waals surface area (Å²) in [5.41, 5.74) is -1.46. The van der Waals surface area contributed by atoms with E-state index < -0.39 is 17.3 Å². The van der Waals surface area contributed by atoms with Crippen LogP contribution in [0.15, 0.2) is 0 Å². The van der Waals surface area contributed by atoms with Crippen LogP contribution in [0.4, 0.5) is 0 Å². The molecule has 0 aliphatic heterocycles. The van der Waals surface area contributed by atoms with Gasteiger partial charge in [0.05, 0.1) is 24.4 Å². The Bertz CT molecular complexity index is 205. The van der Waals surface area contributed by atoms with Crippen molar-refractivity contribution in [3.05, 3.63) is 0 Å². The molecule has 0 aromatic rings. The molecule has 0 heterocycles. The highest BCUT2D eigenvalue weighted by Crippen LogP contribution is 2.39. The highest BCUT2D eigenvalue weighted by molar-refractivity contribution is 4.98. The minimum atomic E-state index is -0.862. The molecule has 1 rings (SSSR count). The van der Waals surface area contributed by atoms with E-state index in [0.717, 1.165) is 25.7 Å². The van der Waals surface area contributed by atoms with Crippen molar-refractivity contribution in [3.8, 4) is 0 Å². The fourth-order valence-electron chi connectivity index (χ4n) is 2.03. The van der Waals surface area contributed by atoms with Gasteiger partial charge in [0.25, 0.3) is 0 Å². The Hall–Kier alpha value is -0.160. The van der Waals surface area contributed by atoms with Gasteiger partial charge < -0.3 is 20.1 Å². The molecule has 0 aromatic heterocycles. The Kier molecular flexibility index (Phi) is 4.12. The highest BCUT2D eigenvalue weighted by Gasteiger charge is 2.46. The number of hydrogen-bond donors (Lipinski definition) is 3. The second kappa shape index (κ2) is 4.78. The van der Waals surface area contributed by atoms with Crippen LogP contribution in [0.3, 0.4) is 0 Å². The Balaban J connectivity index is 2.55. The molecule has 1 saturated carbocycles. The lowest BCUT2D eigenvalue weighted by Crippen LogP contribution is -2.54. The smallest absolute Gasteiger partial charge is 0.100 e. The number of hydrogen-bond acceptors (Lipinski definition) is 4. The fourth-order valence-corrected chi connectivity index (χ4v) is 2.03. The standard InChI is InChI=1S/C11H22O4/c1-10(14)5-3-4-6-11(10,2)15-8-9(13)7-12/h9,12-14H,3-8H2,1-2H3. The van der Waals surface area contributed by atoms with Gasteiger partial charge in [0, 0.05) is 0 Å². The molecule has 0 saturated heterocycles. The fraction of sp³-hybridized carbons (Fsp3) is 1.00. The van der Waals surface area contributed by atoms with Gasteiger partial charge in [0.1, 0.15) is 6.10 Å². The van der Waals surface area contributed by atoms with Crippen LogP contribution >= 0.6 is 0 Å². The summed E-state index contributed by atoms with van der Waals surface area (Å²) in [6.07, 6.45) is 2.69. The highest BCUT2D eigenvalue weighted by atomic mass is 16.5. The third-order valence-electron chi connectivity index (χ3n) is 3.51. The van der Waals surface area contributed by atoms with Crippen molar-refractivity contribution >= 4 is 0 Å². The van der Waals surface area contributed by atoms with Crippen molar-refractivity contribution in [3.63, 3.8) is 0 Å². The molecule has 15 heavy (non-hydrogen) atoms. The van der Waals surface area contributed by atoms with Crippen molar-refractivity contribution in [2.75, 3.05) is 13.2 Å². The topological polar surface area (TPSA) is 69.9 Å². The van der Waals surface area contributed by atoms with Crippen molar-refractivity contribution in [2.24, 2.45) is 0 Å². The lowest BCUT2D eigenvalue weighted by atomic mass is 9.74. The SMILES string of the molecule is CC1(O)CCCCC1(C)OCC(O)CO.